The molecule has 0 aliphatic carbocycles. The fraction of sp³-hybridized carbons (Fsp3) is 1.00. The quantitative estimate of drug-likeness (QED) is 0.786. The number of rotatable bonds is 6. The molecule has 2 unspecified atom stereocenters. The normalized spacial score (nSPS) is 29.1. The zero-order valence-electron chi connectivity index (χ0n) is 12.8. The molecule has 2 aliphatic heterocycles. The third kappa shape index (κ3) is 4.41. The summed E-state index contributed by atoms with van der Waals surface area (Å²) in [6, 6.07) is 0.642. The number of hydrogen-bond acceptors (Lipinski definition) is 4. The zero-order chi connectivity index (χ0) is 14.6. The van der Waals surface area contributed by atoms with E-state index in [0.29, 0.717) is 25.0 Å². The molecule has 118 valence electrons. The van der Waals surface area contributed by atoms with Gasteiger partial charge in [-0.25, -0.2) is 12.7 Å². The topological polar surface area (TPSA) is 52.7 Å². The van der Waals surface area contributed by atoms with E-state index in [4.69, 9.17) is 0 Å². The van der Waals surface area contributed by atoms with E-state index in [2.05, 4.69) is 17.1 Å². The van der Waals surface area contributed by atoms with E-state index in [1.54, 1.807) is 4.31 Å². The molecule has 2 aliphatic rings. The third-order valence-corrected chi connectivity index (χ3v) is 5.77. The Morgan fingerprint density at radius 2 is 2.15 bits per heavy atom. The molecule has 2 saturated heterocycles. The van der Waals surface area contributed by atoms with Crippen molar-refractivity contribution in [1.82, 2.24) is 14.5 Å². The van der Waals surface area contributed by atoms with Crippen LogP contribution in [0.2, 0.25) is 0 Å². The van der Waals surface area contributed by atoms with Gasteiger partial charge in [0.2, 0.25) is 10.0 Å². The largest absolute Gasteiger partial charge is 0.315 e. The van der Waals surface area contributed by atoms with Gasteiger partial charge in [0.1, 0.15) is 0 Å². The molecule has 0 radical (unpaired) electrons. The van der Waals surface area contributed by atoms with Gasteiger partial charge >= 0.3 is 0 Å². The van der Waals surface area contributed by atoms with Crippen LogP contribution in [0.25, 0.3) is 0 Å². The van der Waals surface area contributed by atoms with Crippen LogP contribution in [0.1, 0.15) is 32.6 Å². The summed E-state index contributed by atoms with van der Waals surface area (Å²) >= 11 is 0. The van der Waals surface area contributed by atoms with E-state index in [9.17, 15) is 8.42 Å². The molecule has 20 heavy (non-hydrogen) atoms. The van der Waals surface area contributed by atoms with Crippen molar-refractivity contribution < 1.29 is 8.42 Å². The highest BCUT2D eigenvalue weighted by Gasteiger charge is 2.29. The van der Waals surface area contributed by atoms with Gasteiger partial charge in [0.15, 0.2) is 0 Å². The third-order valence-electron chi connectivity index (χ3n) is 4.50. The fourth-order valence-electron chi connectivity index (χ4n) is 3.47. The first-order valence-electron chi connectivity index (χ1n) is 7.90. The molecule has 2 atom stereocenters. The van der Waals surface area contributed by atoms with Crippen LogP contribution in [-0.2, 0) is 10.0 Å². The maximum absolute atomic E-state index is 11.7. The average Bonchev–Trinajstić information content (AvgIpc) is 2.91. The maximum Gasteiger partial charge on any atom is 0.211 e. The van der Waals surface area contributed by atoms with Gasteiger partial charge in [-0.15, -0.1) is 0 Å². The Hall–Kier alpha value is -0.170. The molecule has 1 N–H and O–H groups in total. The summed E-state index contributed by atoms with van der Waals surface area (Å²) in [4.78, 5) is 2.58. The van der Waals surface area contributed by atoms with Gasteiger partial charge < -0.3 is 5.32 Å². The van der Waals surface area contributed by atoms with Gasteiger partial charge in [0.05, 0.1) is 6.26 Å². The molecule has 2 fully saturated rings. The number of nitrogens with zero attached hydrogens (tertiary/aromatic N) is 2. The zero-order valence-corrected chi connectivity index (χ0v) is 13.7. The first-order chi connectivity index (χ1) is 9.50. The lowest BCUT2D eigenvalue weighted by molar-refractivity contribution is 0.144. The van der Waals surface area contributed by atoms with Crippen LogP contribution in [0.3, 0.4) is 0 Å². The molecule has 0 bridgehead atoms. The first-order valence-corrected chi connectivity index (χ1v) is 9.75. The highest BCUT2D eigenvalue weighted by molar-refractivity contribution is 7.88. The standard InChI is InChI=1S/C14H29N3O2S/c1-3-8-16(14-6-7-15-10-14)11-13-5-4-9-17(12-13)20(2,18)19/h13-15H,3-12H2,1-2H3. The van der Waals surface area contributed by atoms with Gasteiger partial charge in [-0.05, 0) is 44.7 Å². The molecule has 0 spiro atoms. The maximum atomic E-state index is 11.7. The van der Waals surface area contributed by atoms with Crippen LogP contribution in [0.15, 0.2) is 0 Å². The summed E-state index contributed by atoms with van der Waals surface area (Å²) in [6.45, 7) is 8.01. The van der Waals surface area contributed by atoms with Crippen molar-refractivity contribution in [2.75, 3.05) is 45.5 Å². The summed E-state index contributed by atoms with van der Waals surface area (Å²) in [7, 11) is -3.02. The summed E-state index contributed by atoms with van der Waals surface area (Å²) < 4.78 is 25.1. The van der Waals surface area contributed by atoms with Crippen LogP contribution < -0.4 is 5.32 Å². The Bertz CT molecular complexity index is 393. The molecular formula is C14H29N3O2S. The van der Waals surface area contributed by atoms with Gasteiger partial charge in [-0.3, -0.25) is 4.90 Å². The van der Waals surface area contributed by atoms with E-state index >= 15 is 0 Å². The summed E-state index contributed by atoms with van der Waals surface area (Å²) in [6.07, 6.45) is 5.88. The SMILES string of the molecule is CCCN(CC1CCCN(S(C)(=O)=O)C1)C1CCNC1. The van der Waals surface area contributed by atoms with Crippen molar-refractivity contribution in [3.63, 3.8) is 0 Å². The predicted molar refractivity (Wildman–Crippen MR) is 82.3 cm³/mol. The smallest absolute Gasteiger partial charge is 0.211 e. The Labute approximate surface area is 123 Å². The molecule has 0 aromatic carbocycles. The Morgan fingerprint density at radius 3 is 2.75 bits per heavy atom. The lowest BCUT2D eigenvalue weighted by Gasteiger charge is -2.36. The predicted octanol–water partition coefficient (Wildman–Crippen LogP) is 0.732. The summed E-state index contributed by atoms with van der Waals surface area (Å²) in [5.74, 6) is 0.491. The number of piperidine rings is 1. The van der Waals surface area contributed by atoms with Crippen LogP contribution in [0.4, 0.5) is 0 Å². The van der Waals surface area contributed by atoms with E-state index in [-0.39, 0.29) is 0 Å². The fourth-order valence-corrected chi connectivity index (χ4v) is 4.41. The van der Waals surface area contributed by atoms with Crippen molar-refractivity contribution in [2.45, 2.75) is 38.6 Å². The molecule has 0 saturated carbocycles. The second-order valence-electron chi connectivity index (χ2n) is 6.27. The van der Waals surface area contributed by atoms with Crippen molar-refractivity contribution in [2.24, 2.45) is 5.92 Å². The Kier molecular flexibility index (Phi) is 5.84. The monoisotopic (exact) mass is 303 g/mol. The Balaban J connectivity index is 1.92. The van der Waals surface area contributed by atoms with E-state index < -0.39 is 10.0 Å². The van der Waals surface area contributed by atoms with Gasteiger partial charge in [-0.1, -0.05) is 6.92 Å². The first kappa shape index (κ1) is 16.2. The van der Waals surface area contributed by atoms with Gasteiger partial charge in [-0.2, -0.15) is 0 Å². The molecule has 0 amide bonds. The van der Waals surface area contributed by atoms with E-state index in [0.717, 1.165) is 39.0 Å². The van der Waals surface area contributed by atoms with Crippen molar-refractivity contribution in [3.8, 4) is 0 Å². The second kappa shape index (κ2) is 7.20. The number of sulfonamides is 1. The minimum atomic E-state index is -3.02. The van der Waals surface area contributed by atoms with E-state index in [1.165, 1.54) is 19.1 Å². The lowest BCUT2D eigenvalue weighted by atomic mass is 9.98. The van der Waals surface area contributed by atoms with Gasteiger partial charge in [0.25, 0.3) is 0 Å². The van der Waals surface area contributed by atoms with Crippen LogP contribution in [0, 0.1) is 5.92 Å². The Morgan fingerprint density at radius 1 is 1.35 bits per heavy atom. The van der Waals surface area contributed by atoms with Crippen molar-refractivity contribution >= 4 is 10.0 Å². The number of hydrogen-bond donors (Lipinski definition) is 1. The average molecular weight is 303 g/mol. The summed E-state index contributed by atoms with van der Waals surface area (Å²) in [5.41, 5.74) is 0. The van der Waals surface area contributed by atoms with Crippen LogP contribution >= 0.6 is 0 Å². The summed E-state index contributed by atoms with van der Waals surface area (Å²) in [5, 5.41) is 3.43. The molecule has 0 aromatic rings. The van der Waals surface area contributed by atoms with Crippen molar-refractivity contribution in [1.29, 1.82) is 0 Å². The second-order valence-corrected chi connectivity index (χ2v) is 8.25. The lowest BCUT2D eigenvalue weighted by Crippen LogP contribution is -2.46. The molecule has 0 aromatic heterocycles. The molecule has 2 heterocycles. The van der Waals surface area contributed by atoms with Gasteiger partial charge in [0, 0.05) is 32.2 Å². The molecular weight excluding hydrogens is 274 g/mol. The highest BCUT2D eigenvalue weighted by atomic mass is 32.2. The molecule has 2 rings (SSSR count). The molecule has 5 nitrogen and oxygen atoms in total. The van der Waals surface area contributed by atoms with Crippen molar-refractivity contribution in [3.05, 3.63) is 0 Å². The molecule has 6 heteroatoms. The minimum absolute atomic E-state index is 0.491. The van der Waals surface area contributed by atoms with Crippen LogP contribution in [0.5, 0.6) is 0 Å². The number of nitrogens with one attached hydrogen (secondary N) is 1. The minimum Gasteiger partial charge on any atom is -0.315 e. The van der Waals surface area contributed by atoms with Crippen LogP contribution in [-0.4, -0.2) is 69.2 Å². The highest BCUT2D eigenvalue weighted by Crippen LogP contribution is 2.21. The van der Waals surface area contributed by atoms with E-state index in [1.807, 2.05) is 0 Å².